The van der Waals surface area contributed by atoms with Crippen molar-refractivity contribution >= 4 is 29.8 Å². The van der Waals surface area contributed by atoms with E-state index in [1.54, 1.807) is 12.1 Å². The lowest BCUT2D eigenvalue weighted by Crippen LogP contribution is -2.62. The van der Waals surface area contributed by atoms with Gasteiger partial charge >= 0.3 is 23.9 Å². The molecule has 0 aromatic heterocycles. The van der Waals surface area contributed by atoms with E-state index in [9.17, 15) is 24.0 Å². The van der Waals surface area contributed by atoms with E-state index in [1.807, 2.05) is 49.4 Å². The molecule has 1 N–H and O–H groups in total. The van der Waals surface area contributed by atoms with Gasteiger partial charge < -0.3 is 29.0 Å². The fraction of sp³-hybridized carbons (Fsp3) is 0.414. The zero-order chi connectivity index (χ0) is 29.1. The summed E-state index contributed by atoms with van der Waals surface area (Å²) in [5, 5.41) is 2.88. The summed E-state index contributed by atoms with van der Waals surface area (Å²) in [6.07, 6.45) is 0.869. The fourth-order valence-electron chi connectivity index (χ4n) is 4.72. The zero-order valence-corrected chi connectivity index (χ0v) is 22.7. The monoisotopic (exact) mass is 555 g/mol. The van der Waals surface area contributed by atoms with Crippen molar-refractivity contribution in [3.8, 4) is 11.5 Å². The van der Waals surface area contributed by atoms with Crippen LogP contribution in [0.25, 0.3) is 0 Å². The van der Waals surface area contributed by atoms with E-state index in [2.05, 4.69) is 10.1 Å². The van der Waals surface area contributed by atoms with Gasteiger partial charge in [-0.25, -0.2) is 0 Å². The number of carbonyl (C=O) groups excluding carboxylic acids is 5. The maximum absolute atomic E-state index is 13.5. The van der Waals surface area contributed by atoms with Crippen LogP contribution in [-0.2, 0) is 49.5 Å². The van der Waals surface area contributed by atoms with Gasteiger partial charge in [-0.3, -0.25) is 24.0 Å². The Morgan fingerprint density at radius 2 is 1.38 bits per heavy atom. The van der Waals surface area contributed by atoms with Crippen LogP contribution < -0.4 is 10.1 Å². The van der Waals surface area contributed by atoms with Gasteiger partial charge in [0, 0.05) is 20.4 Å². The van der Waals surface area contributed by atoms with E-state index >= 15 is 0 Å². The first-order valence-corrected chi connectivity index (χ1v) is 12.9. The van der Waals surface area contributed by atoms with E-state index in [1.165, 1.54) is 0 Å². The van der Waals surface area contributed by atoms with Gasteiger partial charge in [-0.1, -0.05) is 43.7 Å². The molecule has 3 atom stereocenters. The molecule has 1 amide bonds. The molecule has 0 bridgehead atoms. The van der Waals surface area contributed by atoms with Crippen LogP contribution in [0, 0.1) is 17.3 Å². The van der Waals surface area contributed by atoms with Crippen molar-refractivity contribution < 1.29 is 47.7 Å². The van der Waals surface area contributed by atoms with Gasteiger partial charge in [0.15, 0.2) is 0 Å². The van der Waals surface area contributed by atoms with E-state index in [0.29, 0.717) is 24.3 Å². The summed E-state index contributed by atoms with van der Waals surface area (Å²) >= 11 is 0. The van der Waals surface area contributed by atoms with Gasteiger partial charge in [0.2, 0.25) is 19.5 Å². The summed E-state index contributed by atoms with van der Waals surface area (Å²) < 4.78 is 25.2. The molecule has 214 valence electrons. The quantitative estimate of drug-likeness (QED) is 0.287. The lowest BCUT2D eigenvalue weighted by molar-refractivity contribution is -0.200. The molecule has 2 aromatic carbocycles. The molecule has 11 nitrogen and oxygen atoms in total. The number of para-hydroxylation sites is 1. The highest BCUT2D eigenvalue weighted by molar-refractivity contribution is 5.95. The van der Waals surface area contributed by atoms with Crippen LogP contribution in [0.3, 0.4) is 0 Å². The first kappa shape index (κ1) is 30.1. The van der Waals surface area contributed by atoms with Gasteiger partial charge in [0.25, 0.3) is 0 Å². The van der Waals surface area contributed by atoms with Gasteiger partial charge in [-0.2, -0.15) is 0 Å². The third-order valence-electron chi connectivity index (χ3n) is 6.57. The summed E-state index contributed by atoms with van der Waals surface area (Å²) in [6, 6.07) is 16.5. The molecule has 1 aliphatic carbocycles. The van der Waals surface area contributed by atoms with E-state index in [-0.39, 0.29) is 13.0 Å². The van der Waals surface area contributed by atoms with Crippen LogP contribution in [0.15, 0.2) is 54.6 Å². The predicted molar refractivity (Wildman–Crippen MR) is 139 cm³/mol. The number of rotatable bonds is 13. The third kappa shape index (κ3) is 7.81. The Labute approximate surface area is 232 Å². The zero-order valence-electron chi connectivity index (χ0n) is 22.7. The molecule has 3 rings (SSSR count). The topological polar surface area (TPSA) is 144 Å². The summed E-state index contributed by atoms with van der Waals surface area (Å²) in [6.45, 7) is 3.08. The Kier molecular flexibility index (Phi) is 10.6. The number of hydrogen-bond donors (Lipinski definition) is 1. The van der Waals surface area contributed by atoms with Crippen LogP contribution in [-0.4, -0.2) is 43.4 Å². The van der Waals surface area contributed by atoms with Crippen molar-refractivity contribution in [2.45, 2.75) is 46.6 Å². The molecule has 0 spiro atoms. The predicted octanol–water partition coefficient (Wildman–Crippen LogP) is 3.65. The smallest absolute Gasteiger partial charge is 0.313 e. The van der Waals surface area contributed by atoms with Crippen LogP contribution in [0.2, 0.25) is 0 Å². The number of benzene rings is 2. The maximum atomic E-state index is 13.5. The van der Waals surface area contributed by atoms with Gasteiger partial charge in [0.1, 0.15) is 11.5 Å². The number of esters is 4. The van der Waals surface area contributed by atoms with Gasteiger partial charge in [-0.05, 0) is 42.7 Å². The summed E-state index contributed by atoms with van der Waals surface area (Å²) in [5.41, 5.74) is -0.449. The molecule has 40 heavy (non-hydrogen) atoms. The van der Waals surface area contributed by atoms with Crippen molar-refractivity contribution in [3.63, 3.8) is 0 Å². The lowest BCUT2D eigenvalue weighted by atomic mass is 9.51. The molecule has 0 aliphatic heterocycles. The van der Waals surface area contributed by atoms with Crippen molar-refractivity contribution in [3.05, 3.63) is 60.2 Å². The number of nitrogens with one attached hydrogen (secondary N) is 1. The van der Waals surface area contributed by atoms with Gasteiger partial charge in [-0.15, -0.1) is 0 Å². The molecule has 1 fully saturated rings. The standard InChI is InChI=1S/C29H33NO10/c1-4-14-29(28(35)30-16-21-10-12-23(13-11-21)40-22-8-6-5-7-9-22)15-24(26(33)38-17-36-19(2)31)25(29)27(34)39-18-37-20(3)32/h5-13,24-25H,4,14-18H2,1-3H3,(H,30,35). The molecule has 0 heterocycles. The second-order valence-electron chi connectivity index (χ2n) is 9.37. The Morgan fingerprint density at radius 3 is 1.95 bits per heavy atom. The number of ether oxygens (including phenoxy) is 5. The highest BCUT2D eigenvalue weighted by atomic mass is 16.7. The average molecular weight is 556 g/mol. The lowest BCUT2D eigenvalue weighted by Gasteiger charge is -2.50. The Bertz CT molecular complexity index is 1200. The minimum atomic E-state index is -1.25. The second kappa shape index (κ2) is 14.1. The molecule has 11 heteroatoms. The summed E-state index contributed by atoms with van der Waals surface area (Å²) in [7, 11) is 0. The Balaban J connectivity index is 1.70. The molecule has 2 aromatic rings. The maximum Gasteiger partial charge on any atom is 0.313 e. The molecule has 0 saturated heterocycles. The van der Waals surface area contributed by atoms with Crippen LogP contribution in [0.5, 0.6) is 11.5 Å². The molecule has 1 saturated carbocycles. The number of carbonyl (C=O) groups is 5. The third-order valence-corrected chi connectivity index (χ3v) is 6.57. The largest absolute Gasteiger partial charge is 0.457 e. The molecule has 3 unspecified atom stereocenters. The van der Waals surface area contributed by atoms with Crippen LogP contribution in [0.4, 0.5) is 0 Å². The van der Waals surface area contributed by atoms with Crippen LogP contribution in [0.1, 0.15) is 45.6 Å². The van der Waals surface area contributed by atoms with E-state index in [0.717, 1.165) is 19.4 Å². The molecular formula is C29H33NO10. The fourth-order valence-corrected chi connectivity index (χ4v) is 4.72. The van der Waals surface area contributed by atoms with Crippen molar-refractivity contribution in [2.75, 3.05) is 13.6 Å². The average Bonchev–Trinajstić information content (AvgIpc) is 2.90. The molecule has 0 radical (unpaired) electrons. The first-order chi connectivity index (χ1) is 19.2. The van der Waals surface area contributed by atoms with Crippen molar-refractivity contribution in [1.82, 2.24) is 5.32 Å². The number of amides is 1. The Morgan fingerprint density at radius 1 is 0.800 bits per heavy atom. The number of hydrogen-bond acceptors (Lipinski definition) is 10. The summed E-state index contributed by atoms with van der Waals surface area (Å²) in [5.74, 6) is -4.25. The van der Waals surface area contributed by atoms with Crippen molar-refractivity contribution in [2.24, 2.45) is 17.3 Å². The normalized spacial score (nSPS) is 19.4. The first-order valence-electron chi connectivity index (χ1n) is 12.9. The summed E-state index contributed by atoms with van der Waals surface area (Å²) in [4.78, 5) is 61.4. The molecule has 1 aliphatic rings. The SMILES string of the molecule is CCCC1(C(=O)NCc2ccc(Oc3ccccc3)cc2)CC(C(=O)OCOC(C)=O)C1C(=O)OCOC(C)=O. The highest BCUT2D eigenvalue weighted by Gasteiger charge is 2.64. The van der Waals surface area contributed by atoms with E-state index < -0.39 is 60.6 Å². The van der Waals surface area contributed by atoms with Gasteiger partial charge in [0.05, 0.1) is 17.3 Å². The minimum Gasteiger partial charge on any atom is -0.457 e. The minimum absolute atomic E-state index is 0.0305. The highest BCUT2D eigenvalue weighted by Crippen LogP contribution is 2.55. The molecular weight excluding hydrogens is 522 g/mol. The van der Waals surface area contributed by atoms with E-state index in [4.69, 9.17) is 18.9 Å². The second-order valence-corrected chi connectivity index (χ2v) is 9.37. The van der Waals surface area contributed by atoms with Crippen LogP contribution >= 0.6 is 0 Å². The Hall–Kier alpha value is -4.41. The van der Waals surface area contributed by atoms with Crippen molar-refractivity contribution in [1.29, 1.82) is 0 Å².